The molecule has 28 heavy (non-hydrogen) atoms. The summed E-state index contributed by atoms with van der Waals surface area (Å²) in [7, 11) is 0. The lowest BCUT2D eigenvalue weighted by atomic mass is 9.89. The Balaban J connectivity index is 1.60. The Bertz CT molecular complexity index is 622. The Labute approximate surface area is 176 Å². The lowest BCUT2D eigenvalue weighted by Crippen LogP contribution is -2.50. The first kappa shape index (κ1) is 21.4. The number of aromatic nitrogens is 1. The second-order valence-corrected chi connectivity index (χ2v) is 9.95. The highest BCUT2D eigenvalue weighted by Crippen LogP contribution is 2.32. The van der Waals surface area contributed by atoms with Crippen LogP contribution in [-0.2, 0) is 4.79 Å². The molecule has 3 rings (SSSR count). The summed E-state index contributed by atoms with van der Waals surface area (Å²) in [6, 6.07) is 0.736. The molecule has 0 aliphatic heterocycles. The molecule has 6 nitrogen and oxygen atoms in total. The second-order valence-electron chi connectivity index (χ2n) is 7.65. The van der Waals surface area contributed by atoms with Gasteiger partial charge in [0, 0.05) is 18.6 Å². The molecular formula is C20H32N4O2S2. The van der Waals surface area contributed by atoms with Gasteiger partial charge in [-0.15, -0.1) is 11.8 Å². The number of thiazole rings is 1. The van der Waals surface area contributed by atoms with Gasteiger partial charge in [-0.25, -0.2) is 9.78 Å². The van der Waals surface area contributed by atoms with Gasteiger partial charge in [0.15, 0.2) is 5.13 Å². The highest BCUT2D eigenvalue weighted by atomic mass is 32.2. The predicted octanol–water partition coefficient (Wildman–Crippen LogP) is 4.87. The van der Waals surface area contributed by atoms with Crippen LogP contribution in [0.2, 0.25) is 0 Å². The molecule has 2 N–H and O–H groups in total. The van der Waals surface area contributed by atoms with Crippen molar-refractivity contribution in [3.05, 3.63) is 6.20 Å². The monoisotopic (exact) mass is 424 g/mol. The third-order valence-electron chi connectivity index (χ3n) is 5.59. The maximum absolute atomic E-state index is 13.2. The molecule has 0 unspecified atom stereocenters. The van der Waals surface area contributed by atoms with E-state index in [1.54, 1.807) is 6.20 Å². The number of urea groups is 1. The van der Waals surface area contributed by atoms with Crippen molar-refractivity contribution in [3.63, 3.8) is 0 Å². The minimum absolute atomic E-state index is 0.00780. The first-order chi connectivity index (χ1) is 13.7. The number of nitrogens with zero attached hydrogens (tertiary/aromatic N) is 2. The molecule has 0 saturated heterocycles. The second kappa shape index (κ2) is 11.0. The maximum atomic E-state index is 13.2. The molecule has 0 atom stereocenters. The van der Waals surface area contributed by atoms with E-state index < -0.39 is 0 Å². The molecule has 2 saturated carbocycles. The van der Waals surface area contributed by atoms with Crippen molar-refractivity contribution in [2.24, 2.45) is 0 Å². The largest absolute Gasteiger partial charge is 0.356 e. The quantitative estimate of drug-likeness (QED) is 0.612. The summed E-state index contributed by atoms with van der Waals surface area (Å²) in [6.45, 7) is 2.55. The van der Waals surface area contributed by atoms with Gasteiger partial charge >= 0.3 is 6.03 Å². The molecule has 1 aromatic rings. The molecule has 8 heteroatoms. The van der Waals surface area contributed by atoms with Gasteiger partial charge in [0.05, 0.1) is 16.2 Å². The van der Waals surface area contributed by atoms with Crippen molar-refractivity contribution < 1.29 is 9.59 Å². The lowest BCUT2D eigenvalue weighted by molar-refractivity contribution is -0.118. The van der Waals surface area contributed by atoms with Gasteiger partial charge in [-0.2, -0.15) is 0 Å². The minimum atomic E-state index is 0.00780. The standard InChI is InChI=1S/C20H32N4O2S2/c1-2-21-17(25)14-27-18-13-22-19(28-18)23-20(26)24(15-9-5-3-6-10-15)16-11-7-4-8-12-16/h13,15-16H,2-12,14H2,1H3,(H,21,25)(H,22,23,26). The van der Waals surface area contributed by atoms with Crippen molar-refractivity contribution in [2.75, 3.05) is 17.6 Å². The van der Waals surface area contributed by atoms with Crippen molar-refractivity contribution in [1.82, 2.24) is 15.2 Å². The Kier molecular flexibility index (Phi) is 8.45. The fourth-order valence-electron chi connectivity index (χ4n) is 4.27. The van der Waals surface area contributed by atoms with Crippen LogP contribution in [0.1, 0.15) is 71.1 Å². The zero-order chi connectivity index (χ0) is 19.8. The Hall–Kier alpha value is -1.28. The lowest BCUT2D eigenvalue weighted by Gasteiger charge is -2.41. The number of nitrogens with one attached hydrogen (secondary N) is 2. The number of carbonyl (C=O) groups excluding carboxylic acids is 2. The summed E-state index contributed by atoms with van der Waals surface area (Å²) in [4.78, 5) is 31.3. The van der Waals surface area contributed by atoms with E-state index in [9.17, 15) is 9.59 Å². The van der Waals surface area contributed by atoms with Crippen LogP contribution < -0.4 is 10.6 Å². The van der Waals surface area contributed by atoms with E-state index in [4.69, 9.17) is 0 Å². The number of hydrogen-bond donors (Lipinski definition) is 2. The number of thioether (sulfide) groups is 1. The number of amides is 3. The van der Waals surface area contributed by atoms with Crippen molar-refractivity contribution in [2.45, 2.75) is 87.4 Å². The van der Waals surface area contributed by atoms with Gasteiger partial charge in [-0.3, -0.25) is 10.1 Å². The first-order valence-electron chi connectivity index (χ1n) is 10.6. The molecule has 1 heterocycles. The topological polar surface area (TPSA) is 74.3 Å². The molecule has 0 bridgehead atoms. The summed E-state index contributed by atoms with van der Waals surface area (Å²) in [5, 5.41) is 6.47. The van der Waals surface area contributed by atoms with Crippen LogP contribution in [0.4, 0.5) is 9.93 Å². The SMILES string of the molecule is CCNC(=O)CSc1cnc(NC(=O)N(C2CCCCC2)C2CCCCC2)s1. The number of carbonyl (C=O) groups is 2. The fourth-order valence-corrected chi connectivity index (χ4v) is 5.96. The minimum Gasteiger partial charge on any atom is -0.356 e. The van der Waals surface area contributed by atoms with Crippen LogP contribution in [-0.4, -0.2) is 46.2 Å². The summed E-state index contributed by atoms with van der Waals surface area (Å²) >= 11 is 2.91. The average molecular weight is 425 g/mol. The van der Waals surface area contributed by atoms with Gasteiger partial charge < -0.3 is 10.2 Å². The third-order valence-corrected chi connectivity index (χ3v) is 7.70. The fraction of sp³-hybridized carbons (Fsp3) is 0.750. The Morgan fingerprint density at radius 3 is 2.29 bits per heavy atom. The third kappa shape index (κ3) is 6.11. The smallest absolute Gasteiger partial charge is 0.324 e. The molecule has 1 aromatic heterocycles. The van der Waals surface area contributed by atoms with Crippen molar-refractivity contribution in [1.29, 1.82) is 0 Å². The molecule has 3 amide bonds. The molecule has 0 radical (unpaired) electrons. The number of rotatable bonds is 7. The Morgan fingerprint density at radius 1 is 1.11 bits per heavy atom. The first-order valence-corrected chi connectivity index (χ1v) is 12.4. The van der Waals surface area contributed by atoms with E-state index in [1.807, 2.05) is 6.92 Å². The maximum Gasteiger partial charge on any atom is 0.324 e. The van der Waals surface area contributed by atoms with Crippen molar-refractivity contribution in [3.8, 4) is 0 Å². The van der Waals surface area contributed by atoms with Crippen LogP contribution in [0, 0.1) is 0 Å². The number of anilines is 1. The molecule has 2 aliphatic rings. The summed E-state index contributed by atoms with van der Waals surface area (Å²) in [5.74, 6) is 0.395. The molecule has 156 valence electrons. The van der Waals surface area contributed by atoms with Gasteiger partial charge in [0.1, 0.15) is 0 Å². The molecule has 2 aliphatic carbocycles. The van der Waals surface area contributed by atoms with E-state index >= 15 is 0 Å². The van der Waals surface area contributed by atoms with Gasteiger partial charge in [0.25, 0.3) is 0 Å². The molecular weight excluding hydrogens is 392 g/mol. The predicted molar refractivity (Wildman–Crippen MR) is 116 cm³/mol. The van der Waals surface area contributed by atoms with E-state index in [0.717, 1.165) is 29.9 Å². The van der Waals surface area contributed by atoms with Gasteiger partial charge in [-0.1, -0.05) is 49.9 Å². The molecule has 0 aromatic carbocycles. The van der Waals surface area contributed by atoms with Gasteiger partial charge in [0.2, 0.25) is 5.91 Å². The van der Waals surface area contributed by atoms with Crippen LogP contribution in [0.15, 0.2) is 10.4 Å². The zero-order valence-electron chi connectivity index (χ0n) is 16.7. The Morgan fingerprint density at radius 2 is 1.71 bits per heavy atom. The van der Waals surface area contributed by atoms with Gasteiger partial charge in [-0.05, 0) is 32.6 Å². The van der Waals surface area contributed by atoms with E-state index in [-0.39, 0.29) is 11.9 Å². The van der Waals surface area contributed by atoms with Crippen LogP contribution in [0.25, 0.3) is 0 Å². The van der Waals surface area contributed by atoms with Crippen LogP contribution >= 0.6 is 23.1 Å². The van der Waals surface area contributed by atoms with Crippen LogP contribution in [0.3, 0.4) is 0 Å². The van der Waals surface area contributed by atoms with Crippen LogP contribution in [0.5, 0.6) is 0 Å². The summed E-state index contributed by atoms with van der Waals surface area (Å²) in [6.07, 6.45) is 13.7. The summed E-state index contributed by atoms with van der Waals surface area (Å²) < 4.78 is 0.948. The summed E-state index contributed by atoms with van der Waals surface area (Å²) in [5.41, 5.74) is 0. The number of hydrogen-bond acceptors (Lipinski definition) is 5. The molecule has 2 fully saturated rings. The van der Waals surface area contributed by atoms with E-state index in [0.29, 0.717) is 29.5 Å². The highest BCUT2D eigenvalue weighted by Gasteiger charge is 2.32. The average Bonchev–Trinajstić information content (AvgIpc) is 3.16. The highest BCUT2D eigenvalue weighted by molar-refractivity contribution is 8.01. The van der Waals surface area contributed by atoms with E-state index in [2.05, 4.69) is 20.5 Å². The normalized spacial score (nSPS) is 18.6. The molecule has 0 spiro atoms. The van der Waals surface area contributed by atoms with Crippen molar-refractivity contribution >= 4 is 40.2 Å². The zero-order valence-corrected chi connectivity index (χ0v) is 18.4. The van der Waals surface area contributed by atoms with E-state index in [1.165, 1.54) is 61.6 Å².